The van der Waals surface area contributed by atoms with Crippen molar-refractivity contribution in [3.63, 3.8) is 0 Å². The Kier molecular flexibility index (Phi) is 5.29. The number of hydrogen-bond donors (Lipinski definition) is 2. The van der Waals surface area contributed by atoms with Gasteiger partial charge >= 0.3 is 0 Å². The van der Waals surface area contributed by atoms with Crippen molar-refractivity contribution in [3.05, 3.63) is 33.9 Å². The highest BCUT2D eigenvalue weighted by atomic mass is 16.6. The zero-order chi connectivity index (χ0) is 10.6. The maximum absolute atomic E-state index is 10.6. The number of nitrogens with zero attached hydrogens (tertiary/aromatic N) is 1. The minimum Gasteiger partial charge on any atom is -0.497 e. The minimum absolute atomic E-state index is 0. The Morgan fingerprint density at radius 2 is 2.20 bits per heavy atom. The summed E-state index contributed by atoms with van der Waals surface area (Å²) in [5.41, 5.74) is 0.497. The van der Waals surface area contributed by atoms with Gasteiger partial charge in [-0.3, -0.25) is 10.1 Å². The van der Waals surface area contributed by atoms with Gasteiger partial charge in [0.15, 0.2) is 0 Å². The van der Waals surface area contributed by atoms with Gasteiger partial charge < -0.3 is 16.0 Å². The lowest BCUT2D eigenvalue weighted by Gasteiger charge is -2.03. The Labute approximate surface area is 87.2 Å². The van der Waals surface area contributed by atoms with E-state index in [1.807, 2.05) is 0 Å². The Bertz CT molecular complexity index is 341. The van der Waals surface area contributed by atoms with Crippen LogP contribution in [0.3, 0.4) is 0 Å². The molecule has 0 heterocycles. The Morgan fingerprint density at radius 1 is 1.53 bits per heavy atom. The zero-order valence-electron chi connectivity index (χ0n) is 8.47. The maximum Gasteiger partial charge on any atom is 0.272 e. The molecule has 0 bridgehead atoms. The third-order valence-electron chi connectivity index (χ3n) is 1.86. The molecule has 0 saturated heterocycles. The molecule has 0 saturated carbocycles. The molecule has 1 rings (SSSR count). The SMILES string of the molecule is COc1ccc([N+](=O)[O-])c(CCO)c1.N. The second-order valence-electron chi connectivity index (χ2n) is 2.73. The summed E-state index contributed by atoms with van der Waals surface area (Å²) in [4.78, 5) is 10.1. The monoisotopic (exact) mass is 214 g/mol. The van der Waals surface area contributed by atoms with Gasteiger partial charge in [0.05, 0.1) is 12.0 Å². The first kappa shape index (κ1) is 13.3. The largest absolute Gasteiger partial charge is 0.497 e. The summed E-state index contributed by atoms with van der Waals surface area (Å²) in [6.07, 6.45) is 0.257. The van der Waals surface area contributed by atoms with E-state index in [0.717, 1.165) is 0 Å². The van der Waals surface area contributed by atoms with E-state index < -0.39 is 4.92 Å². The number of aliphatic hydroxyl groups is 1. The molecule has 0 amide bonds. The number of nitro benzene ring substituents is 1. The fraction of sp³-hybridized carbons (Fsp3) is 0.333. The van der Waals surface area contributed by atoms with Crippen molar-refractivity contribution in [2.45, 2.75) is 6.42 Å². The number of rotatable bonds is 4. The standard InChI is InChI=1S/C9H11NO4.H3N/c1-14-8-2-3-9(10(12)13)7(6-8)4-5-11;/h2-3,6,11H,4-5H2,1H3;1H3. The van der Waals surface area contributed by atoms with Gasteiger partial charge in [-0.1, -0.05) is 0 Å². The van der Waals surface area contributed by atoms with Crippen LogP contribution in [-0.2, 0) is 6.42 Å². The molecule has 1 aromatic rings. The van der Waals surface area contributed by atoms with Crippen LogP contribution < -0.4 is 10.9 Å². The highest BCUT2D eigenvalue weighted by molar-refractivity contribution is 5.45. The molecule has 0 unspecified atom stereocenters. The average Bonchev–Trinajstić information content (AvgIpc) is 2.17. The van der Waals surface area contributed by atoms with Gasteiger partial charge in [0.25, 0.3) is 5.69 Å². The molecule has 4 N–H and O–H groups in total. The van der Waals surface area contributed by atoms with Gasteiger partial charge in [0.2, 0.25) is 0 Å². The predicted molar refractivity (Wildman–Crippen MR) is 55.5 cm³/mol. The Morgan fingerprint density at radius 3 is 2.67 bits per heavy atom. The van der Waals surface area contributed by atoms with Gasteiger partial charge in [-0.15, -0.1) is 0 Å². The normalized spacial score (nSPS) is 9.20. The molecule has 0 aromatic heterocycles. The summed E-state index contributed by atoms with van der Waals surface area (Å²) in [6.45, 7) is -0.117. The van der Waals surface area contributed by atoms with Crippen LogP contribution in [0.1, 0.15) is 5.56 Å². The number of aliphatic hydroxyl groups excluding tert-OH is 1. The van der Waals surface area contributed by atoms with Crippen LogP contribution in [-0.4, -0.2) is 23.7 Å². The Balaban J connectivity index is 0.00000196. The zero-order valence-corrected chi connectivity index (χ0v) is 8.47. The first-order valence-electron chi connectivity index (χ1n) is 4.11. The van der Waals surface area contributed by atoms with E-state index in [2.05, 4.69) is 0 Å². The maximum atomic E-state index is 10.6. The third-order valence-corrected chi connectivity index (χ3v) is 1.86. The fourth-order valence-electron chi connectivity index (χ4n) is 1.19. The molecule has 0 spiro atoms. The van der Waals surface area contributed by atoms with E-state index >= 15 is 0 Å². The van der Waals surface area contributed by atoms with E-state index in [9.17, 15) is 10.1 Å². The molecule has 0 fully saturated rings. The summed E-state index contributed by atoms with van der Waals surface area (Å²) in [5, 5.41) is 19.3. The van der Waals surface area contributed by atoms with Crippen LogP contribution in [0.25, 0.3) is 0 Å². The summed E-state index contributed by atoms with van der Waals surface area (Å²) >= 11 is 0. The van der Waals surface area contributed by atoms with E-state index in [4.69, 9.17) is 9.84 Å². The van der Waals surface area contributed by atoms with E-state index in [0.29, 0.717) is 11.3 Å². The van der Waals surface area contributed by atoms with Crippen molar-refractivity contribution in [2.75, 3.05) is 13.7 Å². The fourth-order valence-corrected chi connectivity index (χ4v) is 1.19. The van der Waals surface area contributed by atoms with Crippen LogP contribution in [0.4, 0.5) is 5.69 Å². The number of nitro groups is 1. The van der Waals surface area contributed by atoms with Crippen molar-refractivity contribution in [1.82, 2.24) is 6.15 Å². The number of methoxy groups -OCH3 is 1. The van der Waals surface area contributed by atoms with Crippen molar-refractivity contribution in [2.24, 2.45) is 0 Å². The van der Waals surface area contributed by atoms with Crippen LogP contribution in [0.5, 0.6) is 5.75 Å². The summed E-state index contributed by atoms with van der Waals surface area (Å²) < 4.78 is 4.93. The van der Waals surface area contributed by atoms with Gasteiger partial charge in [-0.25, -0.2) is 0 Å². The summed E-state index contributed by atoms with van der Waals surface area (Å²) in [5.74, 6) is 0.555. The average molecular weight is 214 g/mol. The minimum atomic E-state index is -0.468. The third kappa shape index (κ3) is 3.19. The van der Waals surface area contributed by atoms with Crippen LogP contribution in [0.2, 0.25) is 0 Å². The van der Waals surface area contributed by atoms with Crippen LogP contribution in [0, 0.1) is 10.1 Å². The Hall–Kier alpha value is -1.66. The predicted octanol–water partition coefficient (Wildman–Crippen LogP) is 1.30. The van der Waals surface area contributed by atoms with E-state index in [-0.39, 0.29) is 24.9 Å². The highest BCUT2D eigenvalue weighted by Gasteiger charge is 2.13. The quantitative estimate of drug-likeness (QED) is 0.580. The van der Waals surface area contributed by atoms with E-state index in [1.54, 1.807) is 6.07 Å². The van der Waals surface area contributed by atoms with Crippen molar-refractivity contribution < 1.29 is 14.8 Å². The lowest BCUT2D eigenvalue weighted by Crippen LogP contribution is -1.98. The molecule has 15 heavy (non-hydrogen) atoms. The number of hydrogen-bond acceptors (Lipinski definition) is 5. The molecule has 1 aromatic carbocycles. The van der Waals surface area contributed by atoms with Crippen LogP contribution in [0.15, 0.2) is 18.2 Å². The highest BCUT2D eigenvalue weighted by Crippen LogP contribution is 2.23. The first-order valence-corrected chi connectivity index (χ1v) is 4.11. The van der Waals surface area contributed by atoms with Gasteiger partial charge in [-0.2, -0.15) is 0 Å². The van der Waals surface area contributed by atoms with E-state index in [1.165, 1.54) is 19.2 Å². The molecule has 6 nitrogen and oxygen atoms in total. The van der Waals surface area contributed by atoms with Gasteiger partial charge in [-0.05, 0) is 12.1 Å². The van der Waals surface area contributed by atoms with Gasteiger partial charge in [0.1, 0.15) is 5.75 Å². The van der Waals surface area contributed by atoms with Crippen molar-refractivity contribution in [1.29, 1.82) is 0 Å². The molecule has 84 valence electrons. The topological polar surface area (TPSA) is 108 Å². The first-order chi connectivity index (χ1) is 6.69. The molecule has 0 aliphatic heterocycles. The molecule has 0 atom stereocenters. The van der Waals surface area contributed by atoms with Crippen LogP contribution >= 0.6 is 0 Å². The van der Waals surface area contributed by atoms with Crippen molar-refractivity contribution in [3.8, 4) is 5.75 Å². The molecule has 0 radical (unpaired) electrons. The van der Waals surface area contributed by atoms with Gasteiger partial charge in [0, 0.05) is 24.7 Å². The molecule has 6 heteroatoms. The smallest absolute Gasteiger partial charge is 0.272 e. The summed E-state index contributed by atoms with van der Waals surface area (Å²) in [6, 6.07) is 4.47. The second kappa shape index (κ2) is 5.94. The molecular formula is C9H14N2O4. The number of benzene rings is 1. The number of ether oxygens (including phenoxy) is 1. The molecular weight excluding hydrogens is 200 g/mol. The lowest BCUT2D eigenvalue weighted by atomic mass is 10.1. The molecule has 0 aliphatic rings. The van der Waals surface area contributed by atoms with Crippen molar-refractivity contribution >= 4 is 5.69 Å². The second-order valence-corrected chi connectivity index (χ2v) is 2.73. The lowest BCUT2D eigenvalue weighted by molar-refractivity contribution is -0.385. The summed E-state index contributed by atoms with van der Waals surface area (Å²) in [7, 11) is 1.49. The molecule has 0 aliphatic carbocycles.